The molecule has 1 unspecified atom stereocenters. The normalized spacial score (nSPS) is 26.9. The summed E-state index contributed by atoms with van der Waals surface area (Å²) in [6.07, 6.45) is 4.99. The van der Waals surface area contributed by atoms with Crippen LogP contribution in [0.2, 0.25) is 0 Å². The number of cyclic esters (lactones) is 1. The topological polar surface area (TPSA) is 26.3 Å². The lowest BCUT2D eigenvalue weighted by Crippen LogP contribution is -1.96. The maximum absolute atomic E-state index is 10.3. The molecule has 1 aliphatic heterocycles. The van der Waals surface area contributed by atoms with E-state index >= 15 is 0 Å². The van der Waals surface area contributed by atoms with Gasteiger partial charge in [-0.25, -0.2) is 4.79 Å². The van der Waals surface area contributed by atoms with Gasteiger partial charge in [0.1, 0.15) is 11.9 Å². The molecule has 1 aliphatic rings. The van der Waals surface area contributed by atoms with E-state index in [-0.39, 0.29) is 10.6 Å². The van der Waals surface area contributed by atoms with E-state index < -0.39 is 0 Å². The molecule has 0 amide bonds. The van der Waals surface area contributed by atoms with Gasteiger partial charge < -0.3 is 4.74 Å². The highest BCUT2D eigenvalue weighted by Crippen LogP contribution is 2.20. The van der Waals surface area contributed by atoms with Crippen LogP contribution < -0.4 is 0 Å². The van der Waals surface area contributed by atoms with Crippen LogP contribution >= 0.6 is 11.8 Å². The molecule has 0 aromatic carbocycles. The Balaban J connectivity index is 2.47. The average Bonchev–Trinajstić information content (AvgIpc) is 2.14. The summed E-state index contributed by atoms with van der Waals surface area (Å²) in [6, 6.07) is 0. The van der Waals surface area contributed by atoms with Crippen molar-refractivity contribution in [2.45, 2.75) is 5.25 Å². The molecule has 0 radical (unpaired) electrons. The van der Waals surface area contributed by atoms with Crippen LogP contribution in [-0.2, 0) is 4.74 Å². The van der Waals surface area contributed by atoms with Gasteiger partial charge in [-0.05, 0) is 11.8 Å². The van der Waals surface area contributed by atoms with Gasteiger partial charge in [-0.3, -0.25) is 0 Å². The second kappa shape index (κ2) is 2.10. The Labute approximate surface area is 51.6 Å². The fourth-order valence-electron chi connectivity index (χ4n) is 0.410. The third-order valence-corrected chi connectivity index (χ3v) is 1.64. The molecule has 1 saturated heterocycles. The molecule has 0 bridgehead atoms. The van der Waals surface area contributed by atoms with Crippen molar-refractivity contribution in [3.05, 3.63) is 0 Å². The van der Waals surface area contributed by atoms with Gasteiger partial charge in [0.25, 0.3) is 0 Å². The fraction of sp³-hybridized carbons (Fsp3) is 0.400. The molecular weight excluding hydrogens is 124 g/mol. The molecule has 1 atom stereocenters. The lowest BCUT2D eigenvalue weighted by Gasteiger charge is -1.86. The largest absolute Gasteiger partial charge is 0.455 e. The van der Waals surface area contributed by atoms with E-state index in [2.05, 4.69) is 10.7 Å². The number of terminal acetylenes is 1. The van der Waals surface area contributed by atoms with Gasteiger partial charge in [0.2, 0.25) is 0 Å². The molecule has 1 rings (SSSR count). The fourth-order valence-corrected chi connectivity index (χ4v) is 0.983. The molecule has 0 N–H and O–H groups in total. The quantitative estimate of drug-likeness (QED) is 0.357. The number of hydrogen-bond donors (Lipinski definition) is 0. The summed E-state index contributed by atoms with van der Waals surface area (Å²) < 4.78 is 4.54. The molecule has 42 valence electrons. The van der Waals surface area contributed by atoms with Crippen molar-refractivity contribution in [2.24, 2.45) is 0 Å². The molecule has 8 heavy (non-hydrogen) atoms. The van der Waals surface area contributed by atoms with Gasteiger partial charge in [0.05, 0.1) is 0 Å². The lowest BCUT2D eigenvalue weighted by atomic mass is 10.5. The van der Waals surface area contributed by atoms with Gasteiger partial charge in [0.15, 0.2) is 0 Å². The third kappa shape index (κ3) is 0.958. The van der Waals surface area contributed by atoms with E-state index in [0.29, 0.717) is 6.61 Å². The highest BCUT2D eigenvalue weighted by atomic mass is 32.2. The van der Waals surface area contributed by atoms with Crippen molar-refractivity contribution in [3.8, 4) is 12.3 Å². The molecule has 1 fully saturated rings. The first-order valence-electron chi connectivity index (χ1n) is 2.12. The maximum atomic E-state index is 10.3. The van der Waals surface area contributed by atoms with E-state index in [1.54, 1.807) is 0 Å². The molecule has 1 heterocycles. The standard InChI is InChI=1S/C5H4O2S/c1-2-4-3-7-5(6)8-4/h1,4H,3H2. The molecule has 0 saturated carbocycles. The summed E-state index contributed by atoms with van der Waals surface area (Å²) in [5.74, 6) is 2.41. The first kappa shape index (κ1) is 5.52. The van der Waals surface area contributed by atoms with E-state index in [1.165, 1.54) is 0 Å². The zero-order valence-electron chi connectivity index (χ0n) is 4.09. The molecule has 3 heteroatoms. The molecule has 0 aromatic rings. The zero-order chi connectivity index (χ0) is 5.98. The van der Waals surface area contributed by atoms with Crippen LogP contribution in [0.4, 0.5) is 4.79 Å². The van der Waals surface area contributed by atoms with Crippen molar-refractivity contribution in [3.63, 3.8) is 0 Å². The van der Waals surface area contributed by atoms with Crippen LogP contribution in [0.3, 0.4) is 0 Å². The molecular formula is C5H4O2S. The van der Waals surface area contributed by atoms with Crippen LogP contribution in [-0.4, -0.2) is 17.2 Å². The summed E-state index contributed by atoms with van der Waals surface area (Å²) in [4.78, 5) is 10.3. The Morgan fingerprint density at radius 1 is 2.00 bits per heavy atom. The first-order chi connectivity index (χ1) is 3.83. The summed E-state index contributed by atoms with van der Waals surface area (Å²) in [7, 11) is 0. The van der Waals surface area contributed by atoms with Gasteiger partial charge in [-0.1, -0.05) is 5.92 Å². The predicted octanol–water partition coefficient (Wildman–Crippen LogP) is 0.872. The Morgan fingerprint density at radius 3 is 3.00 bits per heavy atom. The SMILES string of the molecule is C#CC1COC(=O)S1. The highest BCUT2D eigenvalue weighted by Gasteiger charge is 2.21. The number of ether oxygens (including phenoxy) is 1. The van der Waals surface area contributed by atoms with E-state index in [1.807, 2.05) is 0 Å². The number of hydrogen-bond acceptors (Lipinski definition) is 3. The summed E-state index contributed by atoms with van der Waals surface area (Å²) in [5, 5.41) is -0.310. The Kier molecular flexibility index (Phi) is 1.45. The van der Waals surface area contributed by atoms with Crippen LogP contribution in [0.15, 0.2) is 0 Å². The van der Waals surface area contributed by atoms with Crippen LogP contribution in [0.25, 0.3) is 0 Å². The minimum atomic E-state index is -0.257. The Morgan fingerprint density at radius 2 is 2.75 bits per heavy atom. The molecule has 2 nitrogen and oxygen atoms in total. The minimum Gasteiger partial charge on any atom is -0.455 e. The van der Waals surface area contributed by atoms with Crippen molar-refractivity contribution >= 4 is 17.1 Å². The van der Waals surface area contributed by atoms with Crippen molar-refractivity contribution in [2.75, 3.05) is 6.61 Å². The second-order valence-corrected chi connectivity index (χ2v) is 2.47. The Bertz CT molecular complexity index is 147. The lowest BCUT2D eigenvalue weighted by molar-refractivity contribution is 0.186. The monoisotopic (exact) mass is 128 g/mol. The van der Waals surface area contributed by atoms with Crippen molar-refractivity contribution in [1.82, 2.24) is 0 Å². The highest BCUT2D eigenvalue weighted by molar-refractivity contribution is 8.14. The van der Waals surface area contributed by atoms with Gasteiger partial charge in [-0.2, -0.15) is 0 Å². The van der Waals surface area contributed by atoms with Crippen molar-refractivity contribution < 1.29 is 9.53 Å². The van der Waals surface area contributed by atoms with Crippen molar-refractivity contribution in [1.29, 1.82) is 0 Å². The molecule has 0 aromatic heterocycles. The first-order valence-corrected chi connectivity index (χ1v) is 3.00. The van der Waals surface area contributed by atoms with E-state index in [4.69, 9.17) is 6.42 Å². The summed E-state index contributed by atoms with van der Waals surface area (Å²) in [5.41, 5.74) is 0. The second-order valence-electron chi connectivity index (χ2n) is 1.33. The summed E-state index contributed by atoms with van der Waals surface area (Å²) >= 11 is 1.07. The number of rotatable bonds is 0. The molecule has 0 spiro atoms. The zero-order valence-corrected chi connectivity index (χ0v) is 4.90. The number of carbonyl (C=O) groups is 1. The van der Waals surface area contributed by atoms with Crippen LogP contribution in [0.5, 0.6) is 0 Å². The van der Waals surface area contributed by atoms with E-state index in [0.717, 1.165) is 11.8 Å². The van der Waals surface area contributed by atoms with Gasteiger partial charge in [0, 0.05) is 0 Å². The smallest absolute Gasteiger partial charge is 0.368 e. The predicted molar refractivity (Wildman–Crippen MR) is 31.6 cm³/mol. The van der Waals surface area contributed by atoms with Crippen LogP contribution in [0, 0.1) is 12.3 Å². The number of carbonyl (C=O) groups excluding carboxylic acids is 1. The van der Waals surface area contributed by atoms with Crippen LogP contribution in [0.1, 0.15) is 0 Å². The number of thioether (sulfide) groups is 1. The minimum absolute atomic E-state index is 0.0532. The van der Waals surface area contributed by atoms with E-state index in [9.17, 15) is 4.79 Å². The summed E-state index contributed by atoms with van der Waals surface area (Å²) in [6.45, 7) is 0.375. The third-order valence-electron chi connectivity index (χ3n) is 0.777. The Hall–Kier alpha value is -0.620. The van der Waals surface area contributed by atoms with Gasteiger partial charge >= 0.3 is 5.30 Å². The molecule has 0 aliphatic carbocycles. The van der Waals surface area contributed by atoms with Gasteiger partial charge in [-0.15, -0.1) is 6.42 Å². The average molecular weight is 128 g/mol. The maximum Gasteiger partial charge on any atom is 0.368 e.